The van der Waals surface area contributed by atoms with E-state index in [9.17, 15) is 19.2 Å². The Hall–Kier alpha value is -3.49. The number of rotatable bonds is 30. The lowest BCUT2D eigenvalue weighted by Gasteiger charge is -2.12. The number of aromatic nitrogens is 1. The first-order valence-corrected chi connectivity index (χ1v) is 18.5. The number of nitrogens with two attached hydrogens (primary N) is 1. The van der Waals surface area contributed by atoms with Crippen LogP contribution in [-0.2, 0) is 60.5 Å². The second-order valence-corrected chi connectivity index (χ2v) is 12.5. The Balaban J connectivity index is 1.06. The van der Waals surface area contributed by atoms with E-state index in [0.717, 1.165) is 56.0 Å². The molecule has 0 bridgehead atoms. The molecule has 0 radical (unpaired) electrons. The normalized spacial score (nSPS) is 13.1. The summed E-state index contributed by atoms with van der Waals surface area (Å²) in [4.78, 5) is 56.2. The molecule has 13 heteroatoms. The van der Waals surface area contributed by atoms with E-state index in [0.29, 0.717) is 76.6 Å². The van der Waals surface area contributed by atoms with Crippen LogP contribution >= 0.6 is 0 Å². The smallest absolute Gasteiger partial charge is 0.335 e. The molecule has 1 aliphatic heterocycles. The molecule has 13 nitrogen and oxygen atoms in total. The Morgan fingerprint density at radius 3 is 1.86 bits per heavy atom. The number of ketones is 1. The summed E-state index contributed by atoms with van der Waals surface area (Å²) in [5.74, 6) is -0.829. The van der Waals surface area contributed by atoms with Crippen molar-refractivity contribution < 1.29 is 47.7 Å². The zero-order valence-corrected chi connectivity index (χ0v) is 30.3. The average molecular weight is 716 g/mol. The Bertz CT molecular complexity index is 1340. The van der Waals surface area contributed by atoms with Crippen molar-refractivity contribution in [3.63, 3.8) is 0 Å². The van der Waals surface area contributed by atoms with Crippen molar-refractivity contribution in [3.05, 3.63) is 35.4 Å². The SMILES string of the molecule is CCCCCc1cc2c(CCCCCCC(=O)CCOCCOCCOCCOCCOCCC(=O)ON3C(=O)CCC3=O)cccc2nc1N. The lowest BCUT2D eigenvalue weighted by atomic mass is 9.98. The fourth-order valence-electron chi connectivity index (χ4n) is 5.54. The van der Waals surface area contributed by atoms with Crippen LogP contribution in [0.15, 0.2) is 24.3 Å². The molecule has 2 aromatic rings. The van der Waals surface area contributed by atoms with Crippen LogP contribution in [0.4, 0.5) is 5.82 Å². The number of aryl methyl sites for hydroxylation is 2. The molecule has 1 aromatic heterocycles. The first kappa shape index (κ1) is 41.9. The van der Waals surface area contributed by atoms with Gasteiger partial charge in [0.25, 0.3) is 11.8 Å². The van der Waals surface area contributed by atoms with Gasteiger partial charge >= 0.3 is 5.97 Å². The molecule has 1 aliphatic rings. The molecule has 0 saturated carbocycles. The van der Waals surface area contributed by atoms with Gasteiger partial charge in [-0.2, -0.15) is 0 Å². The van der Waals surface area contributed by atoms with E-state index in [-0.39, 0.29) is 38.3 Å². The molecule has 1 aromatic carbocycles. The third kappa shape index (κ3) is 17.1. The Labute approximate surface area is 301 Å². The van der Waals surface area contributed by atoms with Crippen molar-refractivity contribution in [2.45, 2.75) is 96.8 Å². The lowest BCUT2D eigenvalue weighted by Crippen LogP contribution is -2.32. The second-order valence-electron chi connectivity index (χ2n) is 12.5. The van der Waals surface area contributed by atoms with Gasteiger partial charge in [0.15, 0.2) is 0 Å². The van der Waals surface area contributed by atoms with E-state index in [1.807, 2.05) is 6.07 Å². The number of carbonyl (C=O) groups excluding carboxylic acids is 4. The summed E-state index contributed by atoms with van der Waals surface area (Å²) in [5.41, 5.74) is 9.68. The molecule has 0 atom stereocenters. The lowest BCUT2D eigenvalue weighted by molar-refractivity contribution is -0.198. The number of pyridine rings is 1. The minimum atomic E-state index is -0.699. The Morgan fingerprint density at radius 1 is 0.686 bits per heavy atom. The molecule has 0 spiro atoms. The van der Waals surface area contributed by atoms with Crippen LogP contribution in [0.3, 0.4) is 0 Å². The molecule has 0 aliphatic carbocycles. The van der Waals surface area contributed by atoms with Gasteiger partial charge in [-0.15, -0.1) is 5.06 Å². The second kappa shape index (κ2) is 25.5. The van der Waals surface area contributed by atoms with Gasteiger partial charge in [0.1, 0.15) is 11.6 Å². The summed E-state index contributed by atoms with van der Waals surface area (Å²) >= 11 is 0. The molecule has 2 heterocycles. The molecule has 1 fully saturated rings. The van der Waals surface area contributed by atoms with Crippen LogP contribution in [0.25, 0.3) is 10.9 Å². The number of imide groups is 1. The van der Waals surface area contributed by atoms with Gasteiger partial charge in [0.05, 0.1) is 78.0 Å². The van der Waals surface area contributed by atoms with Gasteiger partial charge in [0.2, 0.25) is 0 Å². The molecule has 284 valence electrons. The van der Waals surface area contributed by atoms with Crippen LogP contribution in [0.5, 0.6) is 0 Å². The first-order valence-electron chi connectivity index (χ1n) is 18.5. The topological polar surface area (TPSA) is 166 Å². The van der Waals surface area contributed by atoms with Crippen molar-refractivity contribution in [2.75, 3.05) is 71.8 Å². The number of hydrogen-bond acceptors (Lipinski definition) is 12. The van der Waals surface area contributed by atoms with E-state index in [1.165, 1.54) is 23.8 Å². The number of nitrogens with zero attached hydrogens (tertiary/aromatic N) is 2. The van der Waals surface area contributed by atoms with Crippen molar-refractivity contribution >= 4 is 40.3 Å². The number of carbonyl (C=O) groups is 4. The van der Waals surface area contributed by atoms with Gasteiger partial charge < -0.3 is 34.3 Å². The van der Waals surface area contributed by atoms with E-state index in [1.54, 1.807) is 0 Å². The van der Waals surface area contributed by atoms with Gasteiger partial charge in [-0.1, -0.05) is 44.7 Å². The van der Waals surface area contributed by atoms with Crippen LogP contribution < -0.4 is 5.73 Å². The number of ether oxygens (including phenoxy) is 5. The number of nitrogen functional groups attached to an aromatic ring is 1. The van der Waals surface area contributed by atoms with Crippen LogP contribution in [0.1, 0.15) is 95.1 Å². The highest BCUT2D eigenvalue weighted by molar-refractivity contribution is 6.01. The maximum Gasteiger partial charge on any atom is 0.335 e. The van der Waals surface area contributed by atoms with E-state index in [2.05, 4.69) is 30.1 Å². The van der Waals surface area contributed by atoms with Crippen LogP contribution in [-0.4, -0.2) is 99.7 Å². The number of hydrogen-bond donors (Lipinski definition) is 1. The summed E-state index contributed by atoms with van der Waals surface area (Å²) in [7, 11) is 0. The Morgan fingerprint density at radius 2 is 1.24 bits per heavy atom. The summed E-state index contributed by atoms with van der Waals surface area (Å²) < 4.78 is 27.2. The van der Waals surface area contributed by atoms with Crippen molar-refractivity contribution in [3.8, 4) is 0 Å². The van der Waals surface area contributed by atoms with Gasteiger partial charge in [-0.25, -0.2) is 9.78 Å². The summed E-state index contributed by atoms with van der Waals surface area (Å²) in [6.07, 6.45) is 10.7. The van der Waals surface area contributed by atoms with E-state index < -0.39 is 17.8 Å². The standard InChI is InChI=1S/C38H57N3O10/c1-2-3-6-11-31-29-33-30(12-9-14-34(33)40-38(31)39)10-7-4-5-8-13-32(42)17-19-46-21-23-48-25-27-50-28-26-49-24-22-47-20-18-37(45)51-41-35(43)15-16-36(41)44/h9,12,14,29H,2-8,10-11,13,15-28H2,1H3,(H2,39,40). The fourth-order valence-corrected chi connectivity index (χ4v) is 5.54. The maximum atomic E-state index is 12.2. The molecular formula is C38H57N3O10. The fraction of sp³-hybridized carbons (Fsp3) is 0.658. The molecular weight excluding hydrogens is 658 g/mol. The predicted octanol–water partition coefficient (Wildman–Crippen LogP) is 5.08. The monoisotopic (exact) mass is 715 g/mol. The molecule has 0 unspecified atom stereocenters. The molecule has 2 N–H and O–H groups in total. The number of anilines is 1. The number of benzene rings is 1. The number of unbranched alkanes of at least 4 members (excludes halogenated alkanes) is 5. The van der Waals surface area contributed by atoms with Gasteiger partial charge in [0, 0.05) is 31.1 Å². The number of amides is 2. The number of fused-ring (bicyclic) bond motifs is 1. The van der Waals surface area contributed by atoms with Crippen molar-refractivity contribution in [1.82, 2.24) is 10.0 Å². The highest BCUT2D eigenvalue weighted by Crippen LogP contribution is 2.25. The third-order valence-electron chi connectivity index (χ3n) is 8.43. The quantitative estimate of drug-likeness (QED) is 0.0843. The minimum absolute atomic E-state index is 0.0586. The van der Waals surface area contributed by atoms with Crippen LogP contribution in [0, 0.1) is 0 Å². The Kier molecular flexibility index (Phi) is 20.9. The van der Waals surface area contributed by atoms with Gasteiger partial charge in [-0.05, 0) is 55.4 Å². The minimum Gasteiger partial charge on any atom is -0.383 e. The van der Waals surface area contributed by atoms with Crippen molar-refractivity contribution in [1.29, 1.82) is 0 Å². The summed E-state index contributed by atoms with van der Waals surface area (Å²) in [6, 6.07) is 8.54. The van der Waals surface area contributed by atoms with Crippen molar-refractivity contribution in [2.24, 2.45) is 0 Å². The summed E-state index contributed by atoms with van der Waals surface area (Å²) in [6.45, 7) is 5.84. The number of Topliss-reactive ketones (excluding diaryl/α,β-unsaturated/α-hetero) is 1. The largest absolute Gasteiger partial charge is 0.383 e. The highest BCUT2D eigenvalue weighted by atomic mass is 16.7. The zero-order chi connectivity index (χ0) is 36.5. The molecule has 1 saturated heterocycles. The third-order valence-corrected chi connectivity index (χ3v) is 8.43. The molecule has 2 amide bonds. The van der Waals surface area contributed by atoms with E-state index >= 15 is 0 Å². The average Bonchev–Trinajstić information content (AvgIpc) is 3.43. The zero-order valence-electron chi connectivity index (χ0n) is 30.3. The molecule has 51 heavy (non-hydrogen) atoms. The number of hydroxylamine groups is 2. The van der Waals surface area contributed by atoms with E-state index in [4.69, 9.17) is 34.3 Å². The van der Waals surface area contributed by atoms with Gasteiger partial charge in [-0.3, -0.25) is 14.4 Å². The first-order chi connectivity index (χ1) is 24.9. The van der Waals surface area contributed by atoms with Crippen LogP contribution in [0.2, 0.25) is 0 Å². The predicted molar refractivity (Wildman–Crippen MR) is 192 cm³/mol. The summed E-state index contributed by atoms with van der Waals surface area (Å²) in [5, 5.41) is 1.73. The maximum absolute atomic E-state index is 12.2. The highest BCUT2D eigenvalue weighted by Gasteiger charge is 2.32. The molecule has 3 rings (SSSR count).